The molecule has 1 saturated heterocycles. The van der Waals surface area contributed by atoms with Crippen molar-refractivity contribution in [2.45, 2.75) is 52.1 Å². The maximum Gasteiger partial charge on any atom is 0.220 e. The largest absolute Gasteiger partial charge is 0.494 e. The summed E-state index contributed by atoms with van der Waals surface area (Å²) in [5.74, 6) is 0.931. The third kappa shape index (κ3) is 7.01. The fourth-order valence-corrected chi connectivity index (χ4v) is 3.48. The van der Waals surface area contributed by atoms with Crippen LogP contribution in [0.15, 0.2) is 48.5 Å². The van der Waals surface area contributed by atoms with Gasteiger partial charge in [-0.25, -0.2) is 0 Å². The minimum Gasteiger partial charge on any atom is -0.494 e. The second-order valence-electron chi connectivity index (χ2n) is 7.70. The molecule has 0 aromatic heterocycles. The number of nitrogens with one attached hydrogen (secondary N) is 1. The van der Waals surface area contributed by atoms with Crippen LogP contribution in [-0.4, -0.2) is 30.5 Å². The topological polar surface area (TPSA) is 41.6 Å². The van der Waals surface area contributed by atoms with Gasteiger partial charge in [0.2, 0.25) is 5.91 Å². The molecule has 1 heterocycles. The van der Waals surface area contributed by atoms with E-state index in [9.17, 15) is 4.79 Å². The molecule has 2 aromatic carbocycles. The Balaban J connectivity index is 1.31. The van der Waals surface area contributed by atoms with E-state index in [1.165, 1.54) is 43.5 Å². The molecule has 150 valence electrons. The molecular weight excluding hydrogens is 348 g/mol. The van der Waals surface area contributed by atoms with Crippen LogP contribution in [0.5, 0.6) is 5.75 Å². The molecule has 0 spiro atoms. The number of likely N-dealkylation sites (tertiary alicyclic amines) is 1. The van der Waals surface area contributed by atoms with E-state index >= 15 is 0 Å². The summed E-state index contributed by atoms with van der Waals surface area (Å²) in [7, 11) is 0. The number of hydrogen-bond donors (Lipinski definition) is 1. The molecule has 1 N–H and O–H groups in total. The summed E-state index contributed by atoms with van der Waals surface area (Å²) in [6, 6.07) is 16.6. The third-order valence-corrected chi connectivity index (χ3v) is 5.21. The first-order valence-electron chi connectivity index (χ1n) is 10.5. The van der Waals surface area contributed by atoms with Gasteiger partial charge in [-0.1, -0.05) is 48.4 Å². The molecule has 2 aromatic rings. The molecule has 0 unspecified atom stereocenters. The van der Waals surface area contributed by atoms with Gasteiger partial charge < -0.3 is 10.1 Å². The molecule has 0 radical (unpaired) electrons. The van der Waals surface area contributed by atoms with Crippen LogP contribution in [0.4, 0.5) is 0 Å². The van der Waals surface area contributed by atoms with Crippen molar-refractivity contribution in [1.82, 2.24) is 10.2 Å². The predicted octanol–water partition coefficient (Wildman–Crippen LogP) is 4.46. The molecule has 3 rings (SSSR count). The van der Waals surface area contributed by atoms with Crippen LogP contribution in [0, 0.1) is 6.92 Å². The second kappa shape index (κ2) is 10.9. The molecule has 0 atom stereocenters. The lowest BCUT2D eigenvalue weighted by Gasteiger charge is -2.26. The summed E-state index contributed by atoms with van der Waals surface area (Å²) in [5, 5.41) is 3.00. The van der Waals surface area contributed by atoms with Crippen molar-refractivity contribution in [1.29, 1.82) is 0 Å². The fraction of sp³-hybridized carbons (Fsp3) is 0.458. The standard InChI is InChI=1S/C24H32N2O2/c1-20-7-13-23(14-8-20)28-17-5-6-24(27)25-18-21-9-11-22(12-10-21)19-26-15-3-2-4-16-26/h7-14H,2-6,15-19H2,1H3,(H,25,27). The maximum absolute atomic E-state index is 12.0. The Bertz CT molecular complexity index is 719. The van der Waals surface area contributed by atoms with Crippen LogP contribution >= 0.6 is 0 Å². The number of rotatable bonds is 9. The summed E-state index contributed by atoms with van der Waals surface area (Å²) < 4.78 is 5.67. The summed E-state index contributed by atoms with van der Waals surface area (Å²) in [5.41, 5.74) is 3.71. The van der Waals surface area contributed by atoms with Crippen molar-refractivity contribution in [2.75, 3.05) is 19.7 Å². The van der Waals surface area contributed by atoms with Gasteiger partial charge in [0.1, 0.15) is 5.75 Å². The van der Waals surface area contributed by atoms with Gasteiger partial charge in [0, 0.05) is 19.5 Å². The van der Waals surface area contributed by atoms with E-state index in [2.05, 4.69) is 41.4 Å². The molecule has 1 aliphatic heterocycles. The van der Waals surface area contributed by atoms with E-state index in [1.807, 2.05) is 24.3 Å². The van der Waals surface area contributed by atoms with Crippen LogP contribution in [0.1, 0.15) is 48.8 Å². The number of piperidine rings is 1. The van der Waals surface area contributed by atoms with Gasteiger partial charge >= 0.3 is 0 Å². The quantitative estimate of drug-likeness (QED) is 0.653. The van der Waals surface area contributed by atoms with Gasteiger partial charge in [0.05, 0.1) is 6.61 Å². The number of carbonyl (C=O) groups is 1. The summed E-state index contributed by atoms with van der Waals surface area (Å²) in [6.07, 6.45) is 5.21. The van der Waals surface area contributed by atoms with Crippen molar-refractivity contribution >= 4 is 5.91 Å². The van der Waals surface area contributed by atoms with Gasteiger partial charge in [-0.05, 0) is 62.5 Å². The van der Waals surface area contributed by atoms with E-state index in [0.29, 0.717) is 26.0 Å². The maximum atomic E-state index is 12.0. The highest BCUT2D eigenvalue weighted by Gasteiger charge is 2.10. The first-order chi connectivity index (χ1) is 13.7. The Morgan fingerprint density at radius 3 is 2.36 bits per heavy atom. The zero-order chi connectivity index (χ0) is 19.6. The van der Waals surface area contributed by atoms with Gasteiger partial charge in [0.15, 0.2) is 0 Å². The zero-order valence-electron chi connectivity index (χ0n) is 17.0. The van der Waals surface area contributed by atoms with Crippen molar-refractivity contribution in [3.63, 3.8) is 0 Å². The monoisotopic (exact) mass is 380 g/mol. The first-order valence-corrected chi connectivity index (χ1v) is 10.5. The van der Waals surface area contributed by atoms with Crippen molar-refractivity contribution in [3.05, 3.63) is 65.2 Å². The lowest BCUT2D eigenvalue weighted by Crippen LogP contribution is -2.29. The molecule has 1 fully saturated rings. The Morgan fingerprint density at radius 1 is 0.964 bits per heavy atom. The number of benzene rings is 2. The minimum absolute atomic E-state index is 0.0740. The molecule has 0 bridgehead atoms. The smallest absolute Gasteiger partial charge is 0.220 e. The van der Waals surface area contributed by atoms with Crippen LogP contribution in [0.2, 0.25) is 0 Å². The molecular formula is C24H32N2O2. The normalized spacial score (nSPS) is 14.6. The highest BCUT2D eigenvalue weighted by Crippen LogP contribution is 2.14. The van der Waals surface area contributed by atoms with Crippen LogP contribution < -0.4 is 10.1 Å². The van der Waals surface area contributed by atoms with E-state index in [0.717, 1.165) is 17.9 Å². The van der Waals surface area contributed by atoms with Crippen molar-refractivity contribution in [3.8, 4) is 5.75 Å². The Kier molecular flexibility index (Phi) is 7.92. The second-order valence-corrected chi connectivity index (χ2v) is 7.70. The highest BCUT2D eigenvalue weighted by molar-refractivity contribution is 5.75. The fourth-order valence-electron chi connectivity index (χ4n) is 3.48. The Labute approximate surface area is 168 Å². The van der Waals surface area contributed by atoms with Gasteiger partial charge in [0.25, 0.3) is 0 Å². The molecule has 1 aliphatic rings. The minimum atomic E-state index is 0.0740. The van der Waals surface area contributed by atoms with Crippen LogP contribution in [-0.2, 0) is 17.9 Å². The number of aryl methyl sites for hydroxylation is 1. The number of carbonyl (C=O) groups excluding carboxylic acids is 1. The van der Waals surface area contributed by atoms with Gasteiger partial charge in [-0.15, -0.1) is 0 Å². The van der Waals surface area contributed by atoms with Crippen LogP contribution in [0.25, 0.3) is 0 Å². The molecule has 1 amide bonds. The number of ether oxygens (including phenoxy) is 1. The van der Waals surface area contributed by atoms with E-state index < -0.39 is 0 Å². The number of amides is 1. The summed E-state index contributed by atoms with van der Waals surface area (Å²) in [6.45, 7) is 6.66. The van der Waals surface area contributed by atoms with E-state index in [4.69, 9.17) is 4.74 Å². The molecule has 0 saturated carbocycles. The average molecular weight is 381 g/mol. The molecule has 0 aliphatic carbocycles. The summed E-state index contributed by atoms with van der Waals surface area (Å²) in [4.78, 5) is 14.6. The predicted molar refractivity (Wildman–Crippen MR) is 113 cm³/mol. The van der Waals surface area contributed by atoms with Gasteiger partial charge in [-0.3, -0.25) is 9.69 Å². The van der Waals surface area contributed by atoms with Gasteiger partial charge in [-0.2, -0.15) is 0 Å². The van der Waals surface area contributed by atoms with Crippen molar-refractivity contribution < 1.29 is 9.53 Å². The van der Waals surface area contributed by atoms with E-state index in [1.54, 1.807) is 0 Å². The third-order valence-electron chi connectivity index (χ3n) is 5.21. The lowest BCUT2D eigenvalue weighted by atomic mass is 10.1. The summed E-state index contributed by atoms with van der Waals surface area (Å²) >= 11 is 0. The highest BCUT2D eigenvalue weighted by atomic mass is 16.5. The molecule has 4 heteroatoms. The number of nitrogens with zero attached hydrogens (tertiary/aromatic N) is 1. The molecule has 4 nitrogen and oxygen atoms in total. The Hall–Kier alpha value is -2.33. The first kappa shape index (κ1) is 20.4. The SMILES string of the molecule is Cc1ccc(OCCCC(=O)NCc2ccc(CN3CCCCC3)cc2)cc1. The number of hydrogen-bond acceptors (Lipinski definition) is 3. The lowest BCUT2D eigenvalue weighted by molar-refractivity contribution is -0.121. The average Bonchev–Trinajstić information content (AvgIpc) is 2.73. The van der Waals surface area contributed by atoms with E-state index in [-0.39, 0.29) is 5.91 Å². The van der Waals surface area contributed by atoms with Crippen molar-refractivity contribution in [2.24, 2.45) is 0 Å². The van der Waals surface area contributed by atoms with Crippen LogP contribution in [0.3, 0.4) is 0 Å². The zero-order valence-corrected chi connectivity index (χ0v) is 17.0. The molecule has 28 heavy (non-hydrogen) atoms. The Morgan fingerprint density at radius 2 is 1.64 bits per heavy atom.